The van der Waals surface area contributed by atoms with E-state index >= 15 is 0 Å². The van der Waals surface area contributed by atoms with Crippen molar-refractivity contribution in [1.29, 1.82) is 0 Å². The fourth-order valence-corrected chi connectivity index (χ4v) is 1.87. The molecule has 0 saturated heterocycles. The molecular formula is C16H19ClN2O. The summed E-state index contributed by atoms with van der Waals surface area (Å²) in [5, 5.41) is 4.07. The molecule has 1 heterocycles. The molecule has 0 amide bonds. The van der Waals surface area contributed by atoms with E-state index in [1.807, 2.05) is 31.2 Å². The Kier molecular flexibility index (Phi) is 4.99. The summed E-state index contributed by atoms with van der Waals surface area (Å²) in [5.74, 6) is 1.33. The highest BCUT2D eigenvalue weighted by atomic mass is 35.5. The molecule has 0 aliphatic carbocycles. The van der Waals surface area contributed by atoms with E-state index in [1.54, 1.807) is 12.1 Å². The summed E-state index contributed by atoms with van der Waals surface area (Å²) in [5.41, 5.74) is 2.16. The fourth-order valence-electron chi connectivity index (χ4n) is 1.75. The Balaban J connectivity index is 2.06. The summed E-state index contributed by atoms with van der Waals surface area (Å²) in [6.45, 7) is 7.06. The van der Waals surface area contributed by atoms with Crippen LogP contribution in [0.1, 0.15) is 25.1 Å². The van der Waals surface area contributed by atoms with Gasteiger partial charge in [0.15, 0.2) is 0 Å². The molecule has 0 atom stereocenters. The third-order valence-corrected chi connectivity index (χ3v) is 3.16. The number of hydrogen-bond donors (Lipinski definition) is 1. The fraction of sp³-hybridized carbons (Fsp3) is 0.312. The van der Waals surface area contributed by atoms with E-state index in [0.29, 0.717) is 16.9 Å². The van der Waals surface area contributed by atoms with Gasteiger partial charge >= 0.3 is 0 Å². The lowest BCUT2D eigenvalue weighted by atomic mass is 10.2. The second kappa shape index (κ2) is 6.73. The third-order valence-electron chi connectivity index (χ3n) is 2.91. The van der Waals surface area contributed by atoms with Gasteiger partial charge in [-0.3, -0.25) is 0 Å². The first-order valence-electron chi connectivity index (χ1n) is 6.68. The predicted octanol–water partition coefficient (Wildman–Crippen LogP) is 4.33. The monoisotopic (exact) mass is 290 g/mol. The molecule has 2 aromatic rings. The SMILES string of the molecule is Cc1nc(Oc2ccc(Cl)cc2)ccc1CNC(C)C. The lowest BCUT2D eigenvalue weighted by Crippen LogP contribution is -2.22. The van der Waals surface area contributed by atoms with Gasteiger partial charge in [0.1, 0.15) is 5.75 Å². The second-order valence-corrected chi connectivity index (χ2v) is 5.42. The van der Waals surface area contributed by atoms with Crippen molar-refractivity contribution in [3.05, 3.63) is 52.7 Å². The number of rotatable bonds is 5. The van der Waals surface area contributed by atoms with Crippen LogP contribution >= 0.6 is 11.6 Å². The molecule has 4 heteroatoms. The van der Waals surface area contributed by atoms with Crippen LogP contribution in [0.3, 0.4) is 0 Å². The normalized spacial score (nSPS) is 10.8. The predicted molar refractivity (Wildman–Crippen MR) is 82.5 cm³/mol. The molecule has 2 rings (SSSR count). The van der Waals surface area contributed by atoms with Crippen molar-refractivity contribution in [2.24, 2.45) is 0 Å². The zero-order chi connectivity index (χ0) is 14.5. The number of aromatic nitrogens is 1. The molecular weight excluding hydrogens is 272 g/mol. The molecule has 1 aromatic heterocycles. The van der Waals surface area contributed by atoms with Crippen LogP contribution in [0.25, 0.3) is 0 Å². The van der Waals surface area contributed by atoms with E-state index < -0.39 is 0 Å². The van der Waals surface area contributed by atoms with Crippen LogP contribution in [-0.2, 0) is 6.54 Å². The maximum atomic E-state index is 5.84. The quantitative estimate of drug-likeness (QED) is 0.890. The van der Waals surface area contributed by atoms with Gasteiger partial charge in [0.2, 0.25) is 5.88 Å². The van der Waals surface area contributed by atoms with Crippen LogP contribution in [0.4, 0.5) is 0 Å². The van der Waals surface area contributed by atoms with Gasteiger partial charge in [-0.25, -0.2) is 4.98 Å². The van der Waals surface area contributed by atoms with Crippen molar-refractivity contribution < 1.29 is 4.74 Å². The van der Waals surface area contributed by atoms with Crippen molar-refractivity contribution in [3.8, 4) is 11.6 Å². The molecule has 1 N–H and O–H groups in total. The molecule has 0 radical (unpaired) electrons. The third kappa shape index (κ3) is 4.22. The smallest absolute Gasteiger partial charge is 0.219 e. The second-order valence-electron chi connectivity index (χ2n) is 4.99. The lowest BCUT2D eigenvalue weighted by molar-refractivity contribution is 0.460. The van der Waals surface area contributed by atoms with Gasteiger partial charge in [-0.1, -0.05) is 31.5 Å². The molecule has 0 aliphatic rings. The van der Waals surface area contributed by atoms with E-state index in [2.05, 4.69) is 24.1 Å². The Labute approximate surface area is 124 Å². The molecule has 0 unspecified atom stereocenters. The largest absolute Gasteiger partial charge is 0.439 e. The van der Waals surface area contributed by atoms with Gasteiger partial charge in [-0.2, -0.15) is 0 Å². The molecule has 1 aromatic carbocycles. The standard InChI is InChI=1S/C16H19ClN2O/c1-11(2)18-10-13-4-9-16(19-12(13)3)20-15-7-5-14(17)6-8-15/h4-9,11,18H,10H2,1-3H3. The van der Waals surface area contributed by atoms with Crippen LogP contribution in [0.15, 0.2) is 36.4 Å². The molecule has 3 nitrogen and oxygen atoms in total. The number of hydrogen-bond acceptors (Lipinski definition) is 3. The number of halogens is 1. The van der Waals surface area contributed by atoms with Gasteiger partial charge in [-0.05, 0) is 36.8 Å². The van der Waals surface area contributed by atoms with E-state index in [4.69, 9.17) is 16.3 Å². The van der Waals surface area contributed by atoms with E-state index in [9.17, 15) is 0 Å². The Morgan fingerprint density at radius 1 is 1.15 bits per heavy atom. The number of nitrogens with one attached hydrogen (secondary N) is 1. The van der Waals surface area contributed by atoms with Crippen LogP contribution in [0.5, 0.6) is 11.6 Å². The van der Waals surface area contributed by atoms with Crippen molar-refractivity contribution in [1.82, 2.24) is 10.3 Å². The highest BCUT2D eigenvalue weighted by molar-refractivity contribution is 6.30. The summed E-state index contributed by atoms with van der Waals surface area (Å²) in [7, 11) is 0. The van der Waals surface area contributed by atoms with Gasteiger partial charge in [0, 0.05) is 29.4 Å². The average molecular weight is 291 g/mol. The Bertz CT molecular complexity index is 567. The number of ether oxygens (including phenoxy) is 1. The zero-order valence-corrected chi connectivity index (χ0v) is 12.7. The van der Waals surface area contributed by atoms with Gasteiger partial charge in [0.25, 0.3) is 0 Å². The highest BCUT2D eigenvalue weighted by Gasteiger charge is 2.04. The number of nitrogens with zero attached hydrogens (tertiary/aromatic N) is 1. The van der Waals surface area contributed by atoms with E-state index in [1.165, 1.54) is 5.56 Å². The lowest BCUT2D eigenvalue weighted by Gasteiger charge is -2.11. The van der Waals surface area contributed by atoms with Crippen molar-refractivity contribution in [2.45, 2.75) is 33.4 Å². The molecule has 0 fully saturated rings. The zero-order valence-electron chi connectivity index (χ0n) is 12.0. The Hall–Kier alpha value is -1.58. The highest BCUT2D eigenvalue weighted by Crippen LogP contribution is 2.22. The molecule has 106 valence electrons. The van der Waals surface area contributed by atoms with Gasteiger partial charge in [0.05, 0.1) is 0 Å². The summed E-state index contributed by atoms with van der Waals surface area (Å²) >= 11 is 5.84. The number of benzene rings is 1. The molecule has 0 aliphatic heterocycles. The molecule has 20 heavy (non-hydrogen) atoms. The first-order valence-corrected chi connectivity index (χ1v) is 7.05. The first-order chi connectivity index (χ1) is 9.54. The van der Waals surface area contributed by atoms with Crippen molar-refractivity contribution >= 4 is 11.6 Å². The maximum absolute atomic E-state index is 5.84. The summed E-state index contributed by atoms with van der Waals surface area (Å²) in [6, 6.07) is 11.6. The first kappa shape index (κ1) is 14.8. The summed E-state index contributed by atoms with van der Waals surface area (Å²) in [4.78, 5) is 4.47. The number of pyridine rings is 1. The molecule has 0 bridgehead atoms. The van der Waals surface area contributed by atoms with Gasteiger partial charge in [-0.15, -0.1) is 0 Å². The van der Waals surface area contributed by atoms with Gasteiger partial charge < -0.3 is 10.1 Å². The minimum absolute atomic E-state index is 0.458. The Morgan fingerprint density at radius 2 is 1.85 bits per heavy atom. The molecule has 0 saturated carbocycles. The van der Waals surface area contributed by atoms with E-state index in [-0.39, 0.29) is 0 Å². The molecule has 0 spiro atoms. The summed E-state index contributed by atoms with van der Waals surface area (Å²) < 4.78 is 5.70. The maximum Gasteiger partial charge on any atom is 0.219 e. The van der Waals surface area contributed by atoms with Crippen LogP contribution in [-0.4, -0.2) is 11.0 Å². The summed E-state index contributed by atoms with van der Waals surface area (Å²) in [6.07, 6.45) is 0. The van der Waals surface area contributed by atoms with Crippen molar-refractivity contribution in [3.63, 3.8) is 0 Å². The van der Waals surface area contributed by atoms with E-state index in [0.717, 1.165) is 18.0 Å². The average Bonchev–Trinajstić information content (AvgIpc) is 2.40. The minimum atomic E-state index is 0.458. The minimum Gasteiger partial charge on any atom is -0.439 e. The topological polar surface area (TPSA) is 34.1 Å². The van der Waals surface area contributed by atoms with Crippen molar-refractivity contribution in [2.75, 3.05) is 0 Å². The number of aryl methyl sites for hydroxylation is 1. The Morgan fingerprint density at radius 3 is 2.45 bits per heavy atom. The van der Waals surface area contributed by atoms with Crippen LogP contribution < -0.4 is 10.1 Å². The van der Waals surface area contributed by atoms with Crippen LogP contribution in [0.2, 0.25) is 5.02 Å². The van der Waals surface area contributed by atoms with Crippen LogP contribution in [0, 0.1) is 6.92 Å².